The SMILES string of the molecule is C=C(C)C(=O)OCCNC(=O)OCC(C)(COC(=O)NCCOC(=O)C(=C)C)C(=O)OCC(COc1ccc(C2(c3ccc(OCC(COC(=O)C(C)(COC(=O)NCCOC(=O)C(=C)C)COC(=O)NCCOC(=O)C(=C)C)OC(=O)NCCOC(=O)C(=C)C)cc3)c3ccccc3-c3ccccc32)cc1)OC(=O)NCCOC(=O)C(=C)C. The van der Waals surface area contributed by atoms with Gasteiger partial charge in [-0.1, -0.05) is 112 Å². The van der Waals surface area contributed by atoms with Crippen molar-refractivity contribution in [2.75, 3.05) is 132 Å². The first-order valence-corrected chi connectivity index (χ1v) is 37.0. The van der Waals surface area contributed by atoms with Gasteiger partial charge in [-0.05, 0) is 113 Å². The molecule has 2 atom stereocenters. The minimum atomic E-state index is -1.98. The lowest BCUT2D eigenvalue weighted by Crippen LogP contribution is -2.44. The quantitative estimate of drug-likeness (QED) is 0.00939. The summed E-state index contributed by atoms with van der Waals surface area (Å²) in [5.41, 5.74) is 0.632. The van der Waals surface area contributed by atoms with Crippen molar-refractivity contribution in [1.29, 1.82) is 0 Å². The zero-order valence-corrected chi connectivity index (χ0v) is 67.5. The Labute approximate surface area is 686 Å². The van der Waals surface area contributed by atoms with Crippen LogP contribution in [0.25, 0.3) is 11.1 Å². The maximum absolute atomic E-state index is 14.3. The van der Waals surface area contributed by atoms with E-state index in [-0.39, 0.29) is 124 Å². The van der Waals surface area contributed by atoms with E-state index in [9.17, 15) is 67.1 Å². The highest BCUT2D eigenvalue weighted by Crippen LogP contribution is 2.56. The fourth-order valence-electron chi connectivity index (χ4n) is 10.3. The summed E-state index contributed by atoms with van der Waals surface area (Å²) in [6.07, 6.45) is -9.28. The third kappa shape index (κ3) is 31.4. The Bertz CT molecular complexity index is 3990. The number of nitrogens with one attached hydrogen (secondary N) is 6. The predicted molar refractivity (Wildman–Crippen MR) is 421 cm³/mol. The van der Waals surface area contributed by atoms with E-state index in [0.717, 1.165) is 33.4 Å². The maximum atomic E-state index is 14.3. The normalized spacial score (nSPS) is 11.9. The molecule has 0 bridgehead atoms. The fourth-order valence-corrected chi connectivity index (χ4v) is 10.3. The van der Waals surface area contributed by atoms with Gasteiger partial charge >= 0.3 is 84.3 Å². The van der Waals surface area contributed by atoms with Gasteiger partial charge in [0.15, 0.2) is 12.2 Å². The van der Waals surface area contributed by atoms with E-state index in [1.165, 1.54) is 55.4 Å². The van der Waals surface area contributed by atoms with Gasteiger partial charge in [-0.25, -0.2) is 57.5 Å². The van der Waals surface area contributed by atoms with Crippen molar-refractivity contribution in [1.82, 2.24) is 31.9 Å². The van der Waals surface area contributed by atoms with Crippen LogP contribution in [-0.4, -0.2) is 228 Å². The molecule has 119 heavy (non-hydrogen) atoms. The van der Waals surface area contributed by atoms with Crippen molar-refractivity contribution in [3.63, 3.8) is 0 Å². The van der Waals surface area contributed by atoms with Crippen LogP contribution in [0.1, 0.15) is 77.6 Å². The monoisotopic (exact) mass is 1660 g/mol. The molecule has 4 aromatic rings. The van der Waals surface area contributed by atoms with Crippen LogP contribution in [0.2, 0.25) is 0 Å². The van der Waals surface area contributed by atoms with Crippen LogP contribution in [0.15, 0.2) is 170 Å². The summed E-state index contributed by atoms with van der Waals surface area (Å²) in [5.74, 6) is -6.09. The van der Waals surface area contributed by atoms with Gasteiger partial charge in [0.05, 0.1) is 44.7 Å². The van der Waals surface area contributed by atoms with Gasteiger partial charge in [0.25, 0.3) is 0 Å². The van der Waals surface area contributed by atoms with E-state index in [4.69, 9.17) is 75.8 Å². The number of ether oxygens (including phenoxy) is 16. The number of carbonyl (C=O) groups is 14. The van der Waals surface area contributed by atoms with Gasteiger partial charge in [-0.2, -0.15) is 0 Å². The summed E-state index contributed by atoms with van der Waals surface area (Å²) in [6, 6.07) is 29.5. The van der Waals surface area contributed by atoms with Gasteiger partial charge in [-0.3, -0.25) is 9.59 Å². The average Bonchev–Trinajstić information content (AvgIpc) is 1.55. The molecule has 36 heteroatoms. The summed E-state index contributed by atoms with van der Waals surface area (Å²) >= 11 is 0. The molecule has 6 N–H and O–H groups in total. The summed E-state index contributed by atoms with van der Waals surface area (Å²) in [5, 5.41) is 14.3. The highest BCUT2D eigenvalue weighted by atomic mass is 16.6. The molecule has 0 heterocycles. The lowest BCUT2D eigenvalue weighted by Gasteiger charge is -2.34. The highest BCUT2D eigenvalue weighted by Gasteiger charge is 2.47. The standard InChI is InChI=1S/C83H100N6O30/c1-51(2)67(90)104-37-31-84-75(98)114-47-81(13,48-115-76(99)85-32-38-105-68(91)52(3)4)73(96)112-45-61(118-79(102)88-35-41-108-71(94)55(9)10)43-110-59-27-23-57(24-28-59)83(65-21-17-15-19-63(65)64-20-16-18-22-66(64)83)58-25-29-60(30-26-58)111-44-62(119-80(103)89-36-42-109-72(95)56(11)12)46-113-74(97)82(14,49-116-77(100)86-33-39-106-69(92)53(5)6)50-117-78(101)87-34-40-107-70(93)54(7)8/h15-30,61-62H,1,3,5,7,9,11,31-50H2,2,4,6,8,10,12-14H3,(H,84,98)(H,85,99)(H,86,100)(H,87,101)(H,88,102)(H,89,103). The van der Waals surface area contributed by atoms with Crippen LogP contribution in [0.3, 0.4) is 0 Å². The molecule has 0 aliphatic heterocycles. The first-order chi connectivity index (χ1) is 56.5. The molecular weight excluding hydrogens is 1560 g/mol. The predicted octanol–water partition coefficient (Wildman–Crippen LogP) is 7.72. The number of esters is 8. The summed E-state index contributed by atoms with van der Waals surface area (Å²) in [4.78, 5) is 179. The Morgan fingerprint density at radius 1 is 0.311 bits per heavy atom. The summed E-state index contributed by atoms with van der Waals surface area (Å²) in [6.45, 7) is 23.6. The van der Waals surface area contributed by atoms with Crippen LogP contribution >= 0.6 is 0 Å². The summed E-state index contributed by atoms with van der Waals surface area (Å²) < 4.78 is 86.9. The number of carbonyl (C=O) groups excluding carboxylic acids is 14. The highest BCUT2D eigenvalue weighted by molar-refractivity contribution is 5.90. The molecule has 6 amide bonds. The molecule has 0 spiro atoms. The lowest BCUT2D eigenvalue weighted by atomic mass is 9.68. The van der Waals surface area contributed by atoms with Crippen molar-refractivity contribution in [2.45, 2.75) is 73.0 Å². The molecule has 1 aliphatic rings. The van der Waals surface area contributed by atoms with Crippen molar-refractivity contribution in [2.24, 2.45) is 10.8 Å². The van der Waals surface area contributed by atoms with E-state index >= 15 is 0 Å². The smallest absolute Gasteiger partial charge is 0.407 e. The van der Waals surface area contributed by atoms with Gasteiger partial charge in [0.1, 0.15) is 115 Å². The number of fused-ring (bicyclic) bond motifs is 3. The number of hydrogen-bond donors (Lipinski definition) is 6. The topological polar surface area (TPSA) is 459 Å². The average molecular weight is 1660 g/mol. The number of hydrogen-bond acceptors (Lipinski definition) is 30. The molecule has 4 aromatic carbocycles. The van der Waals surface area contributed by atoms with Crippen molar-refractivity contribution in [3.05, 3.63) is 192 Å². The van der Waals surface area contributed by atoms with Crippen molar-refractivity contribution in [3.8, 4) is 22.6 Å². The van der Waals surface area contributed by atoms with Crippen LogP contribution in [-0.2, 0) is 110 Å². The molecule has 2 unspecified atom stereocenters. The van der Waals surface area contributed by atoms with E-state index in [2.05, 4.69) is 71.4 Å². The molecule has 0 saturated heterocycles. The molecular formula is C83H100N6O30. The minimum absolute atomic E-state index is 0.108. The Hall–Kier alpha value is -13.7. The van der Waals surface area contributed by atoms with Gasteiger partial charge in [0.2, 0.25) is 0 Å². The molecule has 0 aromatic heterocycles. The van der Waals surface area contributed by atoms with E-state index in [0.29, 0.717) is 0 Å². The van der Waals surface area contributed by atoms with E-state index in [1.807, 2.05) is 72.8 Å². The zero-order chi connectivity index (χ0) is 87.8. The first-order valence-electron chi connectivity index (χ1n) is 37.0. The fraction of sp³-hybridized carbons (Fsp3) is 0.398. The van der Waals surface area contributed by atoms with Crippen LogP contribution in [0, 0.1) is 10.8 Å². The largest absolute Gasteiger partial charge is 0.490 e. The molecule has 0 fully saturated rings. The molecule has 0 radical (unpaired) electrons. The van der Waals surface area contributed by atoms with Crippen LogP contribution in [0.5, 0.6) is 11.5 Å². The molecule has 1 aliphatic carbocycles. The first kappa shape index (κ1) is 95.9. The number of alkyl carbamates (subject to hydrolysis) is 6. The lowest BCUT2D eigenvalue weighted by molar-refractivity contribution is -0.164. The van der Waals surface area contributed by atoms with Crippen LogP contribution < -0.4 is 41.4 Å². The Balaban J connectivity index is 1.43. The summed E-state index contributed by atoms with van der Waals surface area (Å²) in [7, 11) is 0. The maximum Gasteiger partial charge on any atom is 0.407 e. The second kappa shape index (κ2) is 48.0. The van der Waals surface area contributed by atoms with Gasteiger partial charge < -0.3 is 108 Å². The number of amides is 6. The molecule has 5 rings (SSSR count). The minimum Gasteiger partial charge on any atom is -0.490 e. The second-order valence-electron chi connectivity index (χ2n) is 27.2. The Morgan fingerprint density at radius 3 is 0.790 bits per heavy atom. The van der Waals surface area contributed by atoms with Gasteiger partial charge in [-0.15, -0.1) is 0 Å². The third-order valence-corrected chi connectivity index (χ3v) is 16.5. The Morgan fingerprint density at radius 2 is 0.546 bits per heavy atom. The van der Waals surface area contributed by atoms with Gasteiger partial charge in [0, 0.05) is 33.4 Å². The second-order valence-corrected chi connectivity index (χ2v) is 27.2. The molecule has 0 saturated carbocycles. The van der Waals surface area contributed by atoms with E-state index < -0.39 is 166 Å². The van der Waals surface area contributed by atoms with E-state index in [1.54, 1.807) is 24.3 Å². The van der Waals surface area contributed by atoms with Crippen molar-refractivity contribution >= 4 is 84.3 Å². The van der Waals surface area contributed by atoms with Crippen LogP contribution in [0.4, 0.5) is 28.8 Å². The van der Waals surface area contributed by atoms with Crippen molar-refractivity contribution < 1.29 is 143 Å². The Kier molecular flexibility index (Phi) is 38.7. The third-order valence-electron chi connectivity index (χ3n) is 16.5. The number of benzene rings is 4. The zero-order valence-electron chi connectivity index (χ0n) is 67.5. The number of rotatable bonds is 48. The molecule has 642 valence electrons. The molecule has 36 nitrogen and oxygen atoms in total.